The molecule has 2 aromatic rings. The lowest BCUT2D eigenvalue weighted by molar-refractivity contribution is -0.384. The minimum Gasteiger partial charge on any atom is -0.368 e. The fourth-order valence-electron chi connectivity index (χ4n) is 2.72. The molecule has 0 bridgehead atoms. The Hall–Kier alpha value is -2.90. The lowest BCUT2D eigenvalue weighted by Crippen LogP contribution is -2.19. The van der Waals surface area contributed by atoms with E-state index in [-0.39, 0.29) is 16.6 Å². The van der Waals surface area contributed by atoms with Crippen molar-refractivity contribution >= 4 is 23.5 Å². The second-order valence-corrected chi connectivity index (χ2v) is 5.53. The van der Waals surface area contributed by atoms with Gasteiger partial charge in [0.2, 0.25) is 5.95 Å². The molecule has 0 atom stereocenters. The van der Waals surface area contributed by atoms with E-state index in [0.29, 0.717) is 11.3 Å². The maximum Gasteiger partial charge on any atom is 0.293 e. The van der Waals surface area contributed by atoms with Gasteiger partial charge in [-0.1, -0.05) is 6.07 Å². The number of nitro benzene ring substituents is 1. The number of aryl methyl sites for hydroxylation is 1. The van der Waals surface area contributed by atoms with E-state index in [9.17, 15) is 10.1 Å². The van der Waals surface area contributed by atoms with Crippen LogP contribution in [0.4, 0.5) is 17.3 Å². The SMILES string of the molecule is Cc1cn(N=Cc2ccc(N3CCCC3)c([N+](=O)[O-])c2)c(N)n1. The van der Waals surface area contributed by atoms with Crippen LogP contribution in [0.3, 0.4) is 0 Å². The predicted molar refractivity (Wildman–Crippen MR) is 88.9 cm³/mol. The molecule has 1 saturated heterocycles. The zero-order valence-electron chi connectivity index (χ0n) is 12.8. The Morgan fingerprint density at radius 1 is 1.39 bits per heavy atom. The molecule has 2 N–H and O–H groups in total. The second-order valence-electron chi connectivity index (χ2n) is 5.53. The van der Waals surface area contributed by atoms with Crippen LogP contribution in [0, 0.1) is 17.0 Å². The van der Waals surface area contributed by atoms with Crippen molar-refractivity contribution in [2.45, 2.75) is 19.8 Å². The summed E-state index contributed by atoms with van der Waals surface area (Å²) in [6, 6.07) is 5.15. The Kier molecular flexibility index (Phi) is 3.96. The molecule has 8 heteroatoms. The fourth-order valence-corrected chi connectivity index (χ4v) is 2.72. The average molecular weight is 314 g/mol. The van der Waals surface area contributed by atoms with Crippen LogP contribution in [0.25, 0.3) is 0 Å². The lowest BCUT2D eigenvalue weighted by Gasteiger charge is -2.17. The molecule has 0 spiro atoms. The molecule has 1 aliphatic heterocycles. The van der Waals surface area contributed by atoms with Crippen LogP contribution in [-0.4, -0.2) is 33.9 Å². The van der Waals surface area contributed by atoms with E-state index in [2.05, 4.69) is 15.0 Å². The molecule has 1 aliphatic rings. The first-order valence-electron chi connectivity index (χ1n) is 7.44. The third kappa shape index (κ3) is 3.15. The van der Waals surface area contributed by atoms with Crippen molar-refractivity contribution < 1.29 is 4.92 Å². The van der Waals surface area contributed by atoms with Gasteiger partial charge in [-0.3, -0.25) is 10.1 Å². The van der Waals surface area contributed by atoms with Gasteiger partial charge in [0.25, 0.3) is 5.69 Å². The van der Waals surface area contributed by atoms with Gasteiger partial charge in [0.15, 0.2) is 0 Å². The molecule has 0 aliphatic carbocycles. The third-order valence-electron chi connectivity index (χ3n) is 3.81. The third-order valence-corrected chi connectivity index (χ3v) is 3.81. The molecule has 120 valence electrons. The summed E-state index contributed by atoms with van der Waals surface area (Å²) in [7, 11) is 0. The van der Waals surface area contributed by atoms with Gasteiger partial charge in [0, 0.05) is 24.7 Å². The highest BCUT2D eigenvalue weighted by Gasteiger charge is 2.22. The van der Waals surface area contributed by atoms with E-state index >= 15 is 0 Å². The zero-order valence-corrected chi connectivity index (χ0v) is 12.8. The number of anilines is 2. The first-order valence-corrected chi connectivity index (χ1v) is 7.44. The summed E-state index contributed by atoms with van der Waals surface area (Å²) < 4.78 is 1.44. The molecular weight excluding hydrogens is 296 g/mol. The van der Waals surface area contributed by atoms with E-state index < -0.39 is 0 Å². The van der Waals surface area contributed by atoms with Crippen molar-refractivity contribution in [3.8, 4) is 0 Å². The Morgan fingerprint density at radius 2 is 2.13 bits per heavy atom. The number of nitrogens with two attached hydrogens (primary N) is 1. The summed E-state index contributed by atoms with van der Waals surface area (Å²) in [5.74, 6) is 0.280. The minimum absolute atomic E-state index is 0.102. The fraction of sp³-hybridized carbons (Fsp3) is 0.333. The summed E-state index contributed by atoms with van der Waals surface area (Å²) in [5.41, 5.74) is 7.89. The number of nitrogens with zero attached hydrogens (tertiary/aromatic N) is 5. The van der Waals surface area contributed by atoms with E-state index in [1.165, 1.54) is 17.0 Å². The maximum absolute atomic E-state index is 11.4. The minimum atomic E-state index is -0.347. The van der Waals surface area contributed by atoms with Gasteiger partial charge in [-0.25, -0.2) is 9.66 Å². The topological polar surface area (TPSA) is 103 Å². The van der Waals surface area contributed by atoms with Crippen molar-refractivity contribution in [1.82, 2.24) is 9.66 Å². The predicted octanol–water partition coefficient (Wildman–Crippen LogP) is 2.16. The van der Waals surface area contributed by atoms with E-state index in [4.69, 9.17) is 5.73 Å². The van der Waals surface area contributed by atoms with Crippen molar-refractivity contribution in [3.05, 3.63) is 45.8 Å². The van der Waals surface area contributed by atoms with Gasteiger partial charge in [0.05, 0.1) is 23.0 Å². The molecule has 2 heterocycles. The van der Waals surface area contributed by atoms with Crippen LogP contribution in [0.1, 0.15) is 24.1 Å². The number of aromatic nitrogens is 2. The molecule has 1 aromatic carbocycles. The largest absolute Gasteiger partial charge is 0.368 e. The molecule has 0 radical (unpaired) electrons. The molecule has 0 amide bonds. The highest BCUT2D eigenvalue weighted by molar-refractivity contribution is 5.83. The smallest absolute Gasteiger partial charge is 0.293 e. The van der Waals surface area contributed by atoms with Crippen molar-refractivity contribution in [3.63, 3.8) is 0 Å². The molecule has 0 unspecified atom stereocenters. The number of nitrogen functional groups attached to an aromatic ring is 1. The number of rotatable bonds is 4. The molecule has 23 heavy (non-hydrogen) atoms. The average Bonchev–Trinajstić information content (AvgIpc) is 3.14. The van der Waals surface area contributed by atoms with E-state index in [1.54, 1.807) is 12.3 Å². The summed E-state index contributed by atoms with van der Waals surface area (Å²) in [4.78, 5) is 17.1. The molecule has 1 fully saturated rings. The van der Waals surface area contributed by atoms with Crippen LogP contribution >= 0.6 is 0 Å². The molecule has 1 aromatic heterocycles. The number of hydrogen-bond acceptors (Lipinski definition) is 6. The standard InChI is InChI=1S/C15H18N6O2/c1-11-10-20(15(16)18-11)17-9-12-4-5-13(14(8-12)21(22)23)19-6-2-3-7-19/h4-5,8-10H,2-3,6-7H2,1H3,(H2,16,18). The van der Waals surface area contributed by atoms with Crippen molar-refractivity contribution in [2.75, 3.05) is 23.7 Å². The Labute approximate surface area is 133 Å². The Bertz CT molecular complexity index is 761. The van der Waals surface area contributed by atoms with Crippen molar-refractivity contribution in [1.29, 1.82) is 0 Å². The van der Waals surface area contributed by atoms with Gasteiger partial charge in [-0.2, -0.15) is 5.10 Å². The highest BCUT2D eigenvalue weighted by atomic mass is 16.6. The van der Waals surface area contributed by atoms with Crippen LogP contribution < -0.4 is 10.6 Å². The van der Waals surface area contributed by atoms with E-state index in [1.807, 2.05) is 13.0 Å². The second kappa shape index (κ2) is 6.07. The van der Waals surface area contributed by atoms with Crippen LogP contribution in [-0.2, 0) is 0 Å². The molecule has 8 nitrogen and oxygen atoms in total. The Balaban J connectivity index is 1.90. The van der Waals surface area contributed by atoms with Crippen LogP contribution in [0.5, 0.6) is 0 Å². The lowest BCUT2D eigenvalue weighted by atomic mass is 10.1. The Morgan fingerprint density at radius 3 is 2.74 bits per heavy atom. The number of benzene rings is 1. The number of nitro groups is 1. The summed E-state index contributed by atoms with van der Waals surface area (Å²) in [6.45, 7) is 3.54. The van der Waals surface area contributed by atoms with Gasteiger partial charge in [-0.05, 0) is 25.8 Å². The number of hydrogen-bond donors (Lipinski definition) is 1. The van der Waals surface area contributed by atoms with Gasteiger partial charge in [-0.15, -0.1) is 0 Å². The molecular formula is C15H18N6O2. The molecule has 0 saturated carbocycles. The first kappa shape index (κ1) is 15.0. The van der Waals surface area contributed by atoms with Crippen LogP contribution in [0.15, 0.2) is 29.5 Å². The summed E-state index contributed by atoms with van der Waals surface area (Å²) >= 11 is 0. The van der Waals surface area contributed by atoms with Crippen molar-refractivity contribution in [2.24, 2.45) is 5.10 Å². The maximum atomic E-state index is 11.4. The summed E-state index contributed by atoms with van der Waals surface area (Å²) in [5, 5.41) is 15.6. The normalized spacial score (nSPS) is 14.7. The van der Waals surface area contributed by atoms with E-state index in [0.717, 1.165) is 31.6 Å². The first-order chi connectivity index (χ1) is 11.0. The highest BCUT2D eigenvalue weighted by Crippen LogP contribution is 2.31. The molecule has 3 rings (SSSR count). The monoisotopic (exact) mass is 314 g/mol. The summed E-state index contributed by atoms with van der Waals surface area (Å²) in [6.07, 6.45) is 5.37. The van der Waals surface area contributed by atoms with Crippen LogP contribution in [0.2, 0.25) is 0 Å². The van der Waals surface area contributed by atoms with Gasteiger partial charge < -0.3 is 10.6 Å². The zero-order chi connectivity index (χ0) is 16.4. The van der Waals surface area contributed by atoms with Gasteiger partial charge >= 0.3 is 0 Å². The van der Waals surface area contributed by atoms with Gasteiger partial charge in [0.1, 0.15) is 5.69 Å². The quantitative estimate of drug-likeness (QED) is 0.529. The number of imidazole rings is 1.